The molecule has 2 N–H and O–H groups in total. The molecule has 0 aliphatic carbocycles. The van der Waals surface area contributed by atoms with Gasteiger partial charge in [0.15, 0.2) is 0 Å². The second kappa shape index (κ2) is 9.54. The van der Waals surface area contributed by atoms with Crippen LogP contribution in [0.4, 0.5) is 5.69 Å². The van der Waals surface area contributed by atoms with Crippen LogP contribution in [0.25, 0.3) is 0 Å². The summed E-state index contributed by atoms with van der Waals surface area (Å²) in [6, 6.07) is 31.4. The van der Waals surface area contributed by atoms with Gasteiger partial charge in [0.05, 0.1) is 22.3 Å². The highest BCUT2D eigenvalue weighted by molar-refractivity contribution is 7.89. The molecule has 35 heavy (non-hydrogen) atoms. The minimum Gasteiger partial charge on any atom is -0.457 e. The molecular formula is C27H22ClN3O3S. The van der Waals surface area contributed by atoms with Crippen molar-refractivity contribution in [3.63, 3.8) is 0 Å². The Morgan fingerprint density at radius 1 is 0.829 bits per heavy atom. The molecule has 5 rings (SSSR count). The van der Waals surface area contributed by atoms with Gasteiger partial charge in [-0.15, -0.1) is 0 Å². The number of anilines is 1. The van der Waals surface area contributed by atoms with Gasteiger partial charge in [0.2, 0.25) is 10.0 Å². The number of nitrogens with two attached hydrogens (primary N) is 1. The van der Waals surface area contributed by atoms with Gasteiger partial charge in [0, 0.05) is 11.4 Å². The van der Waals surface area contributed by atoms with E-state index in [-0.39, 0.29) is 10.9 Å². The van der Waals surface area contributed by atoms with E-state index in [1.54, 1.807) is 12.1 Å². The molecule has 4 aromatic rings. The minimum atomic E-state index is -3.77. The van der Waals surface area contributed by atoms with Crippen molar-refractivity contribution in [3.05, 3.63) is 119 Å². The number of halogens is 1. The number of ether oxygens (including phenoxy) is 1. The summed E-state index contributed by atoms with van der Waals surface area (Å²) in [6.45, 7) is 0. The number of nitrogens with zero attached hydrogens (tertiary/aromatic N) is 2. The SMILES string of the molecule is NS(=O)(=O)c1ccc(N2N=C(c3ccc(Oc4ccccc4)cc3)CC2c2ccc(Cl)cc2)cc1. The van der Waals surface area contributed by atoms with E-state index in [0.717, 1.165) is 34.0 Å². The van der Waals surface area contributed by atoms with Crippen LogP contribution in [0.3, 0.4) is 0 Å². The second-order valence-electron chi connectivity index (χ2n) is 8.14. The third kappa shape index (κ3) is 5.22. The molecule has 0 aromatic heterocycles. The van der Waals surface area contributed by atoms with Crippen LogP contribution in [0.1, 0.15) is 23.6 Å². The number of primary sulfonamides is 1. The van der Waals surface area contributed by atoms with E-state index in [9.17, 15) is 8.42 Å². The van der Waals surface area contributed by atoms with Crippen LogP contribution in [-0.2, 0) is 10.0 Å². The number of para-hydroxylation sites is 1. The summed E-state index contributed by atoms with van der Waals surface area (Å²) in [6.07, 6.45) is 0.664. The fourth-order valence-electron chi connectivity index (χ4n) is 4.00. The molecule has 0 fully saturated rings. The van der Waals surface area contributed by atoms with Crippen molar-refractivity contribution in [2.75, 3.05) is 5.01 Å². The molecule has 0 spiro atoms. The molecule has 0 saturated heterocycles. The first-order valence-electron chi connectivity index (χ1n) is 11.0. The maximum absolute atomic E-state index is 11.7. The van der Waals surface area contributed by atoms with Crippen molar-refractivity contribution in [2.45, 2.75) is 17.4 Å². The molecule has 1 heterocycles. The fourth-order valence-corrected chi connectivity index (χ4v) is 4.64. The Balaban J connectivity index is 1.45. The van der Waals surface area contributed by atoms with Crippen LogP contribution in [0.5, 0.6) is 11.5 Å². The number of sulfonamides is 1. The molecule has 6 nitrogen and oxygen atoms in total. The first-order chi connectivity index (χ1) is 16.9. The van der Waals surface area contributed by atoms with Gasteiger partial charge in [-0.05, 0) is 83.9 Å². The zero-order chi connectivity index (χ0) is 24.4. The molecule has 8 heteroatoms. The first-order valence-corrected chi connectivity index (χ1v) is 12.9. The standard InChI is InChI=1S/C27H22ClN3O3S/c28-21-10-6-20(7-11-21)27-18-26(30-31(27)22-12-16-25(17-13-22)35(29,32)33)19-8-14-24(15-9-19)34-23-4-2-1-3-5-23/h1-17,27H,18H2,(H2,29,32,33). The topological polar surface area (TPSA) is 85.0 Å². The summed E-state index contributed by atoms with van der Waals surface area (Å²) < 4.78 is 29.3. The summed E-state index contributed by atoms with van der Waals surface area (Å²) in [5.41, 5.74) is 3.70. The van der Waals surface area contributed by atoms with Gasteiger partial charge in [-0.25, -0.2) is 13.6 Å². The zero-order valence-corrected chi connectivity index (χ0v) is 20.2. The van der Waals surface area contributed by atoms with Crippen molar-refractivity contribution in [2.24, 2.45) is 10.2 Å². The second-order valence-corrected chi connectivity index (χ2v) is 10.1. The van der Waals surface area contributed by atoms with Crippen LogP contribution in [-0.4, -0.2) is 14.1 Å². The zero-order valence-electron chi connectivity index (χ0n) is 18.6. The van der Waals surface area contributed by atoms with Crippen molar-refractivity contribution in [1.29, 1.82) is 0 Å². The van der Waals surface area contributed by atoms with E-state index in [1.807, 2.05) is 83.9 Å². The van der Waals surface area contributed by atoms with Crippen molar-refractivity contribution >= 4 is 33.0 Å². The van der Waals surface area contributed by atoms with Crippen molar-refractivity contribution in [3.8, 4) is 11.5 Å². The third-order valence-corrected chi connectivity index (χ3v) is 6.94. The first kappa shape index (κ1) is 23.1. The Kier molecular flexibility index (Phi) is 6.30. The van der Waals surface area contributed by atoms with Gasteiger partial charge in [0.1, 0.15) is 11.5 Å². The van der Waals surface area contributed by atoms with Gasteiger partial charge in [0.25, 0.3) is 0 Å². The summed E-state index contributed by atoms with van der Waals surface area (Å²) in [5, 5.41) is 12.7. The highest BCUT2D eigenvalue weighted by Gasteiger charge is 2.30. The fraction of sp³-hybridized carbons (Fsp3) is 0.0741. The van der Waals surface area contributed by atoms with Crippen LogP contribution in [0.2, 0.25) is 5.02 Å². The molecule has 176 valence electrons. The van der Waals surface area contributed by atoms with E-state index in [2.05, 4.69) is 0 Å². The lowest BCUT2D eigenvalue weighted by atomic mass is 9.98. The number of hydrogen-bond acceptors (Lipinski definition) is 5. The van der Waals surface area contributed by atoms with Gasteiger partial charge in [-0.1, -0.05) is 41.9 Å². The van der Waals surface area contributed by atoms with Gasteiger partial charge >= 0.3 is 0 Å². The lowest BCUT2D eigenvalue weighted by Gasteiger charge is -2.24. The molecule has 0 radical (unpaired) electrons. The molecule has 1 aliphatic rings. The number of rotatable bonds is 6. The molecule has 1 aliphatic heterocycles. The van der Waals surface area contributed by atoms with Crippen LogP contribution in [0.15, 0.2) is 113 Å². The maximum Gasteiger partial charge on any atom is 0.238 e. The summed E-state index contributed by atoms with van der Waals surface area (Å²) >= 11 is 6.11. The lowest BCUT2D eigenvalue weighted by Crippen LogP contribution is -2.19. The predicted molar refractivity (Wildman–Crippen MR) is 139 cm³/mol. The van der Waals surface area contributed by atoms with E-state index >= 15 is 0 Å². The Bertz CT molecular complexity index is 1460. The quantitative estimate of drug-likeness (QED) is 0.342. The summed E-state index contributed by atoms with van der Waals surface area (Å²) in [5.74, 6) is 1.51. The molecule has 4 aromatic carbocycles. The average Bonchev–Trinajstić information content (AvgIpc) is 3.31. The molecule has 1 atom stereocenters. The molecule has 1 unspecified atom stereocenters. The molecule has 0 amide bonds. The van der Waals surface area contributed by atoms with Crippen molar-refractivity contribution < 1.29 is 13.2 Å². The summed E-state index contributed by atoms with van der Waals surface area (Å²) in [7, 11) is -3.77. The highest BCUT2D eigenvalue weighted by atomic mass is 35.5. The lowest BCUT2D eigenvalue weighted by molar-refractivity contribution is 0.482. The molecule has 0 saturated carbocycles. The van der Waals surface area contributed by atoms with E-state index in [1.165, 1.54) is 12.1 Å². The Hall–Kier alpha value is -3.65. The van der Waals surface area contributed by atoms with Gasteiger partial charge in [-0.2, -0.15) is 5.10 Å². The number of hydrogen-bond donors (Lipinski definition) is 1. The number of hydrazone groups is 1. The average molecular weight is 504 g/mol. The van der Waals surface area contributed by atoms with Gasteiger partial charge in [-0.3, -0.25) is 5.01 Å². The highest BCUT2D eigenvalue weighted by Crippen LogP contribution is 2.37. The third-order valence-electron chi connectivity index (χ3n) is 5.76. The largest absolute Gasteiger partial charge is 0.457 e. The van der Waals surface area contributed by atoms with Crippen LogP contribution < -0.4 is 14.9 Å². The Morgan fingerprint density at radius 2 is 1.46 bits per heavy atom. The van der Waals surface area contributed by atoms with E-state index in [0.29, 0.717) is 11.4 Å². The van der Waals surface area contributed by atoms with Gasteiger partial charge < -0.3 is 4.74 Å². The van der Waals surface area contributed by atoms with Crippen LogP contribution >= 0.6 is 11.6 Å². The monoisotopic (exact) mass is 503 g/mol. The molecular weight excluding hydrogens is 482 g/mol. The smallest absolute Gasteiger partial charge is 0.238 e. The Morgan fingerprint density at radius 3 is 2.09 bits per heavy atom. The van der Waals surface area contributed by atoms with Crippen molar-refractivity contribution in [1.82, 2.24) is 0 Å². The van der Waals surface area contributed by atoms with E-state index in [4.69, 9.17) is 26.6 Å². The van der Waals surface area contributed by atoms with Crippen LogP contribution in [0, 0.1) is 0 Å². The maximum atomic E-state index is 11.7. The number of benzene rings is 4. The summed E-state index contributed by atoms with van der Waals surface area (Å²) in [4.78, 5) is 0.0571. The minimum absolute atomic E-state index is 0.0571. The predicted octanol–water partition coefficient (Wildman–Crippen LogP) is 6.14. The molecule has 0 bridgehead atoms. The Labute approximate surface area is 209 Å². The normalized spacial score (nSPS) is 15.7. The van der Waals surface area contributed by atoms with E-state index < -0.39 is 10.0 Å².